The zero-order valence-corrected chi connectivity index (χ0v) is 17.0. The van der Waals surface area contributed by atoms with Crippen LogP contribution in [0.25, 0.3) is 11.3 Å². The largest absolute Gasteiger partial charge is 0.431 e. The van der Waals surface area contributed by atoms with Gasteiger partial charge in [0.2, 0.25) is 0 Å². The molecule has 2 heterocycles. The van der Waals surface area contributed by atoms with Crippen LogP contribution in [0.15, 0.2) is 90.1 Å². The molecule has 1 amide bonds. The van der Waals surface area contributed by atoms with Crippen molar-refractivity contribution in [1.82, 2.24) is 20.3 Å². The SMILES string of the molecule is O=C(NC(c1ccccc1)c1ccc(-c2cnccn2)cc1)c1ccc(C(F)(F)F)[nH]c1=O. The van der Waals surface area contributed by atoms with Gasteiger partial charge in [-0.1, -0.05) is 54.6 Å². The number of carbonyl (C=O) groups excluding carboxylic acids is 1. The summed E-state index contributed by atoms with van der Waals surface area (Å²) in [6.07, 6.45) is 0.0631. The van der Waals surface area contributed by atoms with Gasteiger partial charge in [-0.05, 0) is 23.3 Å². The molecule has 33 heavy (non-hydrogen) atoms. The minimum absolute atomic E-state index is 0.417. The number of H-pyrrole nitrogens is 1. The average molecular weight is 450 g/mol. The Morgan fingerprint density at radius 3 is 2.21 bits per heavy atom. The van der Waals surface area contributed by atoms with Crippen molar-refractivity contribution in [3.05, 3.63) is 118 Å². The summed E-state index contributed by atoms with van der Waals surface area (Å²) in [5, 5.41) is 2.76. The molecule has 0 aliphatic heterocycles. The maximum Gasteiger partial charge on any atom is 0.431 e. The third kappa shape index (κ3) is 4.98. The van der Waals surface area contributed by atoms with Gasteiger partial charge in [-0.3, -0.25) is 19.6 Å². The minimum atomic E-state index is -4.72. The van der Waals surface area contributed by atoms with Crippen molar-refractivity contribution in [1.29, 1.82) is 0 Å². The molecule has 2 aromatic heterocycles. The summed E-state index contributed by atoms with van der Waals surface area (Å²) >= 11 is 0. The van der Waals surface area contributed by atoms with Crippen LogP contribution in [0.3, 0.4) is 0 Å². The zero-order chi connectivity index (χ0) is 23.4. The second-order valence-corrected chi connectivity index (χ2v) is 7.14. The number of pyridine rings is 1. The van der Waals surface area contributed by atoms with E-state index in [1.165, 1.54) is 0 Å². The van der Waals surface area contributed by atoms with Crippen molar-refractivity contribution in [3.63, 3.8) is 0 Å². The predicted octanol–water partition coefficient (Wildman–Crippen LogP) is 4.37. The monoisotopic (exact) mass is 450 g/mol. The molecule has 0 saturated heterocycles. The van der Waals surface area contributed by atoms with Crippen LogP contribution < -0.4 is 10.9 Å². The van der Waals surface area contributed by atoms with E-state index in [1.54, 1.807) is 60.0 Å². The lowest BCUT2D eigenvalue weighted by molar-refractivity contribution is -0.141. The summed E-state index contributed by atoms with van der Waals surface area (Å²) < 4.78 is 38.5. The molecule has 1 unspecified atom stereocenters. The molecule has 4 rings (SSSR count). The first-order valence-electron chi connectivity index (χ1n) is 9.85. The molecular weight excluding hydrogens is 433 g/mol. The molecule has 0 spiro atoms. The molecule has 0 bridgehead atoms. The fourth-order valence-electron chi connectivity index (χ4n) is 3.33. The van der Waals surface area contributed by atoms with Crippen LogP contribution in [0.2, 0.25) is 0 Å². The van der Waals surface area contributed by atoms with E-state index in [0.29, 0.717) is 17.3 Å². The van der Waals surface area contributed by atoms with Crippen LogP contribution in [0.4, 0.5) is 13.2 Å². The standard InChI is InChI=1S/C24H17F3N4O2/c25-24(26,27)20-11-10-18(22(32)30-20)23(33)31-21(16-4-2-1-3-5-16)17-8-6-15(7-9-17)19-14-28-12-13-29-19/h1-14,21H,(H,30,32)(H,31,33). The van der Waals surface area contributed by atoms with E-state index in [9.17, 15) is 22.8 Å². The van der Waals surface area contributed by atoms with E-state index in [1.807, 2.05) is 18.2 Å². The highest BCUT2D eigenvalue weighted by Gasteiger charge is 2.32. The molecule has 0 aliphatic rings. The Bertz CT molecular complexity index is 1310. The minimum Gasteiger partial charge on any atom is -0.341 e. The smallest absolute Gasteiger partial charge is 0.341 e. The Labute approximate surface area is 186 Å². The van der Waals surface area contributed by atoms with Gasteiger partial charge < -0.3 is 10.3 Å². The van der Waals surface area contributed by atoms with Crippen molar-refractivity contribution < 1.29 is 18.0 Å². The van der Waals surface area contributed by atoms with Crippen LogP contribution in [0, 0.1) is 0 Å². The van der Waals surface area contributed by atoms with E-state index in [2.05, 4.69) is 15.3 Å². The number of carbonyl (C=O) groups is 1. The van der Waals surface area contributed by atoms with Crippen LogP contribution in [-0.4, -0.2) is 20.9 Å². The molecule has 0 saturated carbocycles. The maximum absolute atomic E-state index is 12.8. The Kier molecular flexibility index (Phi) is 6.03. The number of nitrogens with zero attached hydrogens (tertiary/aromatic N) is 2. The van der Waals surface area contributed by atoms with Crippen molar-refractivity contribution >= 4 is 5.91 Å². The number of halogens is 3. The third-order valence-corrected chi connectivity index (χ3v) is 4.97. The highest BCUT2D eigenvalue weighted by molar-refractivity contribution is 5.94. The number of rotatable bonds is 5. The summed E-state index contributed by atoms with van der Waals surface area (Å²) in [6, 6.07) is 17.2. The van der Waals surface area contributed by atoms with Crippen molar-refractivity contribution in [2.24, 2.45) is 0 Å². The molecule has 166 valence electrons. The number of benzene rings is 2. The van der Waals surface area contributed by atoms with Crippen LogP contribution in [-0.2, 0) is 6.18 Å². The van der Waals surface area contributed by atoms with Crippen molar-refractivity contribution in [2.75, 3.05) is 0 Å². The Morgan fingerprint density at radius 2 is 1.61 bits per heavy atom. The first-order valence-corrected chi connectivity index (χ1v) is 9.85. The van der Waals surface area contributed by atoms with Gasteiger partial charge in [0.15, 0.2) is 0 Å². The van der Waals surface area contributed by atoms with Gasteiger partial charge in [-0.25, -0.2) is 0 Å². The Balaban J connectivity index is 1.65. The average Bonchev–Trinajstić information content (AvgIpc) is 2.83. The predicted molar refractivity (Wildman–Crippen MR) is 115 cm³/mol. The van der Waals surface area contributed by atoms with Gasteiger partial charge in [-0.2, -0.15) is 13.2 Å². The summed E-state index contributed by atoms with van der Waals surface area (Å²) in [7, 11) is 0. The fourth-order valence-corrected chi connectivity index (χ4v) is 3.33. The molecule has 0 radical (unpaired) electrons. The van der Waals surface area contributed by atoms with Crippen molar-refractivity contribution in [3.8, 4) is 11.3 Å². The third-order valence-electron chi connectivity index (χ3n) is 4.97. The van der Waals surface area contributed by atoms with Gasteiger partial charge in [0.1, 0.15) is 11.3 Å². The topological polar surface area (TPSA) is 87.7 Å². The van der Waals surface area contributed by atoms with E-state index in [4.69, 9.17) is 0 Å². The maximum atomic E-state index is 12.8. The number of hydrogen-bond acceptors (Lipinski definition) is 4. The first-order chi connectivity index (χ1) is 15.8. The summed E-state index contributed by atoms with van der Waals surface area (Å²) in [4.78, 5) is 35.0. The molecule has 0 aliphatic carbocycles. The van der Waals surface area contributed by atoms with Crippen LogP contribution in [0.5, 0.6) is 0 Å². The van der Waals surface area contributed by atoms with E-state index in [-0.39, 0.29) is 0 Å². The van der Waals surface area contributed by atoms with E-state index < -0.39 is 34.9 Å². The van der Waals surface area contributed by atoms with E-state index >= 15 is 0 Å². The lowest BCUT2D eigenvalue weighted by Gasteiger charge is -2.20. The normalized spacial score (nSPS) is 12.2. The summed E-state index contributed by atoms with van der Waals surface area (Å²) in [5.41, 5.74) is 0.201. The van der Waals surface area contributed by atoms with Gasteiger partial charge in [0.25, 0.3) is 11.5 Å². The molecule has 6 nitrogen and oxygen atoms in total. The Hall–Kier alpha value is -4.27. The molecule has 2 N–H and O–H groups in total. The second-order valence-electron chi connectivity index (χ2n) is 7.14. The number of aromatic nitrogens is 3. The number of amides is 1. The molecule has 9 heteroatoms. The Morgan fingerprint density at radius 1 is 0.909 bits per heavy atom. The lowest BCUT2D eigenvalue weighted by Crippen LogP contribution is -2.34. The van der Waals surface area contributed by atoms with Gasteiger partial charge in [0.05, 0.1) is 17.9 Å². The molecule has 2 aromatic carbocycles. The van der Waals surface area contributed by atoms with Gasteiger partial charge in [0, 0.05) is 18.0 Å². The lowest BCUT2D eigenvalue weighted by atomic mass is 9.97. The molecule has 0 fully saturated rings. The second kappa shape index (κ2) is 9.07. The number of nitrogens with one attached hydrogen (secondary N) is 2. The van der Waals surface area contributed by atoms with Gasteiger partial charge in [-0.15, -0.1) is 0 Å². The van der Waals surface area contributed by atoms with Crippen molar-refractivity contribution in [2.45, 2.75) is 12.2 Å². The zero-order valence-electron chi connectivity index (χ0n) is 17.0. The molecule has 4 aromatic rings. The number of aromatic amines is 1. The highest BCUT2D eigenvalue weighted by Crippen LogP contribution is 2.27. The molecular formula is C24H17F3N4O2. The quantitative estimate of drug-likeness (QED) is 0.473. The number of alkyl halides is 3. The fraction of sp³-hybridized carbons (Fsp3) is 0.0833. The van der Waals surface area contributed by atoms with E-state index in [0.717, 1.165) is 17.2 Å². The first kappa shape index (κ1) is 21.9. The van der Waals surface area contributed by atoms with Crippen LogP contribution in [0.1, 0.15) is 33.2 Å². The summed E-state index contributed by atoms with van der Waals surface area (Å²) in [6.45, 7) is 0. The highest BCUT2D eigenvalue weighted by atomic mass is 19.4. The van der Waals surface area contributed by atoms with Gasteiger partial charge >= 0.3 is 6.18 Å². The van der Waals surface area contributed by atoms with Crippen LogP contribution >= 0.6 is 0 Å². The summed E-state index contributed by atoms with van der Waals surface area (Å²) in [5.74, 6) is -0.795. The molecule has 1 atom stereocenters. The number of hydrogen-bond donors (Lipinski definition) is 2.